The number of aromatic nitrogens is 3. The van der Waals surface area contributed by atoms with E-state index in [0.717, 1.165) is 29.6 Å². The van der Waals surface area contributed by atoms with Crippen LogP contribution in [0.15, 0.2) is 49.1 Å². The fourth-order valence-corrected chi connectivity index (χ4v) is 4.83. The number of alkyl halides is 3. The first-order valence-corrected chi connectivity index (χ1v) is 11.0. The van der Waals surface area contributed by atoms with Gasteiger partial charge in [-0.15, -0.1) is 0 Å². The number of fused-ring (bicyclic) bond motifs is 1. The van der Waals surface area contributed by atoms with Gasteiger partial charge in [-0.1, -0.05) is 6.58 Å². The fourth-order valence-electron chi connectivity index (χ4n) is 4.83. The Labute approximate surface area is 198 Å². The zero-order valence-electron chi connectivity index (χ0n) is 18.8. The van der Waals surface area contributed by atoms with Gasteiger partial charge in [0.05, 0.1) is 42.3 Å². The van der Waals surface area contributed by atoms with E-state index in [2.05, 4.69) is 16.7 Å². The molecule has 0 N–H and O–H groups in total. The van der Waals surface area contributed by atoms with E-state index in [-0.39, 0.29) is 17.4 Å². The monoisotopic (exact) mass is 482 g/mol. The smallest absolute Gasteiger partial charge is 0.383 e. The first-order chi connectivity index (χ1) is 16.7. The number of carbonyl (C=O) groups excluding carboxylic acids is 1. The number of pyridine rings is 1. The van der Waals surface area contributed by atoms with Crippen molar-refractivity contribution in [3.05, 3.63) is 60.3 Å². The lowest BCUT2D eigenvalue weighted by molar-refractivity contribution is -0.138. The molecule has 3 heterocycles. The maximum Gasteiger partial charge on any atom is 0.419 e. The molecule has 180 valence electrons. The van der Waals surface area contributed by atoms with Crippen LogP contribution in [0.1, 0.15) is 30.5 Å². The second kappa shape index (κ2) is 8.09. The van der Waals surface area contributed by atoms with Gasteiger partial charge in [0.25, 0.3) is 5.91 Å². The highest BCUT2D eigenvalue weighted by Crippen LogP contribution is 2.51. The van der Waals surface area contributed by atoms with Gasteiger partial charge in [-0.2, -0.15) is 23.5 Å². The van der Waals surface area contributed by atoms with E-state index < -0.39 is 23.0 Å². The number of nitriles is 1. The van der Waals surface area contributed by atoms with Crippen LogP contribution in [0, 0.1) is 11.3 Å². The Morgan fingerprint density at radius 3 is 2.63 bits per heavy atom. The summed E-state index contributed by atoms with van der Waals surface area (Å²) in [4.78, 5) is 20.3. The predicted molar refractivity (Wildman–Crippen MR) is 121 cm³/mol. The maximum absolute atomic E-state index is 13.6. The van der Waals surface area contributed by atoms with Gasteiger partial charge in [-0.3, -0.25) is 14.4 Å². The zero-order chi connectivity index (χ0) is 25.0. The van der Waals surface area contributed by atoms with Crippen molar-refractivity contribution in [2.75, 3.05) is 23.5 Å². The van der Waals surface area contributed by atoms with Gasteiger partial charge in [0, 0.05) is 18.2 Å². The quantitative estimate of drug-likeness (QED) is 0.541. The van der Waals surface area contributed by atoms with Crippen LogP contribution < -0.4 is 9.80 Å². The molecule has 1 aromatic carbocycles. The molecule has 8 nitrogen and oxygen atoms in total. The van der Waals surface area contributed by atoms with Crippen LogP contribution in [0.4, 0.5) is 24.5 Å². The lowest BCUT2D eigenvalue weighted by Crippen LogP contribution is -2.54. The normalized spacial score (nSPS) is 17.3. The highest BCUT2D eigenvalue weighted by molar-refractivity contribution is 6.11. The van der Waals surface area contributed by atoms with E-state index >= 15 is 0 Å². The summed E-state index contributed by atoms with van der Waals surface area (Å²) in [6.45, 7) is 5.17. The van der Waals surface area contributed by atoms with Crippen molar-refractivity contribution >= 4 is 28.2 Å². The van der Waals surface area contributed by atoms with E-state index in [1.165, 1.54) is 11.0 Å². The molecule has 0 unspecified atom stereocenters. The number of ether oxygens (including phenoxy) is 1. The number of carbonyl (C=O) groups is 1. The first-order valence-electron chi connectivity index (χ1n) is 11.0. The third-order valence-electron chi connectivity index (χ3n) is 6.66. The van der Waals surface area contributed by atoms with Gasteiger partial charge in [0.2, 0.25) is 0 Å². The van der Waals surface area contributed by atoms with E-state index in [4.69, 9.17) is 10.00 Å². The van der Waals surface area contributed by atoms with Crippen molar-refractivity contribution in [2.24, 2.45) is 0 Å². The van der Waals surface area contributed by atoms with Gasteiger partial charge >= 0.3 is 6.18 Å². The molecule has 11 heteroatoms. The number of halogens is 3. The van der Waals surface area contributed by atoms with Crippen molar-refractivity contribution in [1.29, 1.82) is 5.26 Å². The summed E-state index contributed by atoms with van der Waals surface area (Å²) in [7, 11) is 1.62. The highest BCUT2D eigenvalue weighted by atomic mass is 19.4. The molecule has 1 saturated carbocycles. The van der Waals surface area contributed by atoms with Crippen molar-refractivity contribution < 1.29 is 22.7 Å². The molecule has 5 rings (SSSR count). The summed E-state index contributed by atoms with van der Waals surface area (Å²) in [5.74, 6) is -0.121. The molecular formula is C24H21F3N6O2. The van der Waals surface area contributed by atoms with Gasteiger partial charge in [0.15, 0.2) is 5.69 Å². The van der Waals surface area contributed by atoms with Crippen LogP contribution in [0.25, 0.3) is 10.9 Å². The topological polar surface area (TPSA) is 87.3 Å². The zero-order valence-corrected chi connectivity index (χ0v) is 18.8. The predicted octanol–water partition coefficient (Wildman–Crippen LogP) is 4.22. The van der Waals surface area contributed by atoms with E-state index in [1.807, 2.05) is 22.9 Å². The molecule has 0 radical (unpaired) electrons. The number of nitrogens with zero attached hydrogens (tertiary/aromatic N) is 6. The second-order valence-corrected chi connectivity index (χ2v) is 8.58. The molecule has 2 aliphatic rings. The van der Waals surface area contributed by atoms with Crippen LogP contribution in [0.2, 0.25) is 0 Å². The highest BCUT2D eigenvalue weighted by Gasteiger charge is 2.59. The maximum atomic E-state index is 13.6. The SMILES string of the molecule is C=C1N(c2cnc(C#N)c(C(F)(F)F)c2)C(=O)C2(CCC2)N1c1ccc2c(cnn2CCOC)c1. The van der Waals surface area contributed by atoms with Crippen LogP contribution in [0.5, 0.6) is 0 Å². The molecule has 0 bridgehead atoms. The second-order valence-electron chi connectivity index (χ2n) is 8.58. The summed E-state index contributed by atoms with van der Waals surface area (Å²) in [5.41, 5.74) is -1.35. The number of amides is 1. The summed E-state index contributed by atoms with van der Waals surface area (Å²) < 4.78 is 47.6. The summed E-state index contributed by atoms with van der Waals surface area (Å²) in [6, 6.07) is 7.89. The molecule has 1 saturated heterocycles. The lowest BCUT2D eigenvalue weighted by atomic mass is 9.75. The van der Waals surface area contributed by atoms with Crippen molar-refractivity contribution in [2.45, 2.75) is 37.5 Å². The van der Waals surface area contributed by atoms with E-state index in [0.29, 0.717) is 31.7 Å². The lowest BCUT2D eigenvalue weighted by Gasteiger charge is -2.43. The Hall–Kier alpha value is -3.91. The molecule has 1 spiro atoms. The minimum absolute atomic E-state index is 0.0754. The van der Waals surface area contributed by atoms with Crippen LogP contribution in [-0.2, 0) is 22.3 Å². The summed E-state index contributed by atoms with van der Waals surface area (Å²) in [6.07, 6.45) is -0.0685. The number of rotatable bonds is 5. The van der Waals surface area contributed by atoms with Crippen LogP contribution in [0.3, 0.4) is 0 Å². The van der Waals surface area contributed by atoms with Crippen molar-refractivity contribution in [1.82, 2.24) is 14.8 Å². The Bertz CT molecular complexity index is 1390. The molecule has 1 aliphatic heterocycles. The van der Waals surface area contributed by atoms with Crippen molar-refractivity contribution in [3.8, 4) is 6.07 Å². The standard InChI is InChI=1S/C24H21F3N6O2/c1-15-32(18-11-19(24(25,26)27)20(12-28)29-14-18)22(34)23(6-3-7-23)33(15)17-4-5-21-16(10-17)13-30-31(21)8-9-35-2/h4-5,10-11,13-14H,1,3,6-9H2,2H3. The van der Waals surface area contributed by atoms with Gasteiger partial charge in [0.1, 0.15) is 17.4 Å². The molecule has 3 aromatic rings. The number of benzene rings is 1. The van der Waals surface area contributed by atoms with Gasteiger partial charge in [-0.05, 0) is 43.5 Å². The molecule has 0 atom stereocenters. The first kappa shape index (κ1) is 22.9. The molecule has 1 amide bonds. The Morgan fingerprint density at radius 2 is 2.00 bits per heavy atom. The number of hydrogen-bond donors (Lipinski definition) is 0. The largest absolute Gasteiger partial charge is 0.419 e. The molecule has 2 fully saturated rings. The minimum atomic E-state index is -4.79. The third kappa shape index (κ3) is 3.44. The molecule has 2 aromatic heterocycles. The Morgan fingerprint density at radius 1 is 1.23 bits per heavy atom. The minimum Gasteiger partial charge on any atom is -0.383 e. The average Bonchev–Trinajstić information content (AvgIpc) is 3.31. The van der Waals surface area contributed by atoms with Crippen molar-refractivity contribution in [3.63, 3.8) is 0 Å². The summed E-state index contributed by atoms with van der Waals surface area (Å²) >= 11 is 0. The number of anilines is 2. The fraction of sp³-hybridized carbons (Fsp3) is 0.333. The summed E-state index contributed by atoms with van der Waals surface area (Å²) in [5, 5.41) is 14.3. The molecular weight excluding hydrogens is 461 g/mol. The van der Waals surface area contributed by atoms with Crippen LogP contribution in [-0.4, -0.2) is 39.9 Å². The van der Waals surface area contributed by atoms with Crippen LogP contribution >= 0.6 is 0 Å². The average molecular weight is 482 g/mol. The third-order valence-corrected chi connectivity index (χ3v) is 6.66. The Balaban J connectivity index is 1.56. The molecule has 35 heavy (non-hydrogen) atoms. The van der Waals surface area contributed by atoms with E-state index in [9.17, 15) is 18.0 Å². The van der Waals surface area contributed by atoms with Gasteiger partial charge in [-0.25, -0.2) is 4.98 Å². The number of hydrogen-bond acceptors (Lipinski definition) is 6. The van der Waals surface area contributed by atoms with E-state index in [1.54, 1.807) is 18.2 Å². The number of methoxy groups -OCH3 is 1. The Kier molecular flexibility index (Phi) is 5.29. The van der Waals surface area contributed by atoms with Gasteiger partial charge < -0.3 is 9.64 Å². The molecule has 1 aliphatic carbocycles.